The first kappa shape index (κ1) is 19.5. The number of nitro groups is 1. The van der Waals surface area contributed by atoms with Crippen LogP contribution in [-0.2, 0) is 4.74 Å². The second-order valence-corrected chi connectivity index (χ2v) is 5.78. The largest absolute Gasteiger partial charge is 0.465 e. The number of non-ortho nitro benzene ring substituents is 1. The van der Waals surface area contributed by atoms with E-state index in [2.05, 4.69) is 10.5 Å². The average molecular weight is 393 g/mol. The third kappa shape index (κ3) is 4.72. The SMILES string of the molecule is COC(=O)c1cccc(-c2ccc(/C=N\NC(=O)c3ccc([N+](=O)[O-])cc3)o2)c1. The molecule has 1 N–H and O–H groups in total. The molecule has 1 amide bonds. The molecule has 0 bridgehead atoms. The quantitative estimate of drug-likeness (QED) is 0.296. The van der Waals surface area contributed by atoms with Gasteiger partial charge < -0.3 is 9.15 Å². The molecule has 9 heteroatoms. The van der Waals surface area contributed by atoms with Crippen LogP contribution in [0.1, 0.15) is 26.5 Å². The summed E-state index contributed by atoms with van der Waals surface area (Å²) in [4.78, 5) is 33.7. The van der Waals surface area contributed by atoms with Crippen molar-refractivity contribution in [2.24, 2.45) is 5.10 Å². The summed E-state index contributed by atoms with van der Waals surface area (Å²) in [6.07, 6.45) is 1.32. The van der Waals surface area contributed by atoms with Gasteiger partial charge in [0.2, 0.25) is 0 Å². The van der Waals surface area contributed by atoms with E-state index in [0.29, 0.717) is 22.6 Å². The van der Waals surface area contributed by atoms with Gasteiger partial charge in [-0.3, -0.25) is 14.9 Å². The van der Waals surface area contributed by atoms with Crippen LogP contribution in [0.15, 0.2) is 70.2 Å². The van der Waals surface area contributed by atoms with Gasteiger partial charge in [0.05, 0.1) is 23.8 Å². The Morgan fingerprint density at radius 1 is 1.10 bits per heavy atom. The lowest BCUT2D eigenvalue weighted by Gasteiger charge is -2.01. The number of ether oxygens (including phenoxy) is 1. The minimum atomic E-state index is -0.546. The zero-order valence-electron chi connectivity index (χ0n) is 15.2. The highest BCUT2D eigenvalue weighted by atomic mass is 16.6. The fourth-order valence-corrected chi connectivity index (χ4v) is 2.45. The highest BCUT2D eigenvalue weighted by molar-refractivity contribution is 5.95. The number of hydrogen-bond acceptors (Lipinski definition) is 7. The van der Waals surface area contributed by atoms with Crippen LogP contribution in [0, 0.1) is 10.1 Å². The van der Waals surface area contributed by atoms with Crippen molar-refractivity contribution < 1.29 is 23.7 Å². The number of nitrogens with zero attached hydrogens (tertiary/aromatic N) is 2. The molecular weight excluding hydrogens is 378 g/mol. The first-order valence-electron chi connectivity index (χ1n) is 8.34. The molecule has 0 saturated heterocycles. The van der Waals surface area contributed by atoms with Crippen LogP contribution in [0.2, 0.25) is 0 Å². The minimum Gasteiger partial charge on any atom is -0.465 e. The van der Waals surface area contributed by atoms with E-state index in [4.69, 9.17) is 9.15 Å². The van der Waals surface area contributed by atoms with E-state index in [1.54, 1.807) is 36.4 Å². The number of hydrogen-bond donors (Lipinski definition) is 1. The van der Waals surface area contributed by atoms with Crippen molar-refractivity contribution in [3.63, 3.8) is 0 Å². The molecule has 0 spiro atoms. The maximum absolute atomic E-state index is 12.0. The first-order valence-corrected chi connectivity index (χ1v) is 8.34. The Morgan fingerprint density at radius 2 is 1.86 bits per heavy atom. The van der Waals surface area contributed by atoms with Gasteiger partial charge >= 0.3 is 5.97 Å². The van der Waals surface area contributed by atoms with Crippen molar-refractivity contribution in [3.05, 3.63) is 87.7 Å². The number of rotatable bonds is 6. The number of hydrazone groups is 1. The molecule has 3 rings (SSSR count). The predicted molar refractivity (Wildman–Crippen MR) is 104 cm³/mol. The summed E-state index contributed by atoms with van der Waals surface area (Å²) in [5.41, 5.74) is 3.52. The van der Waals surface area contributed by atoms with Crippen LogP contribution in [0.4, 0.5) is 5.69 Å². The van der Waals surface area contributed by atoms with Crippen molar-refractivity contribution in [2.75, 3.05) is 7.11 Å². The molecule has 1 heterocycles. The van der Waals surface area contributed by atoms with Gasteiger partial charge in [-0.05, 0) is 36.4 Å². The van der Waals surface area contributed by atoms with E-state index in [-0.39, 0.29) is 11.3 Å². The molecule has 9 nitrogen and oxygen atoms in total. The highest BCUT2D eigenvalue weighted by Crippen LogP contribution is 2.23. The monoisotopic (exact) mass is 393 g/mol. The maximum Gasteiger partial charge on any atom is 0.337 e. The van der Waals surface area contributed by atoms with Crippen molar-refractivity contribution in [3.8, 4) is 11.3 Å². The van der Waals surface area contributed by atoms with Crippen LogP contribution >= 0.6 is 0 Å². The van der Waals surface area contributed by atoms with E-state index in [0.717, 1.165) is 0 Å². The van der Waals surface area contributed by atoms with E-state index in [9.17, 15) is 19.7 Å². The number of benzene rings is 2. The Hall–Kier alpha value is -4.27. The summed E-state index contributed by atoms with van der Waals surface area (Å²) < 4.78 is 10.3. The number of methoxy groups -OCH3 is 1. The number of amides is 1. The Morgan fingerprint density at radius 3 is 2.55 bits per heavy atom. The zero-order valence-corrected chi connectivity index (χ0v) is 15.2. The second kappa shape index (κ2) is 8.61. The van der Waals surface area contributed by atoms with E-state index in [1.165, 1.54) is 37.6 Å². The topological polar surface area (TPSA) is 124 Å². The van der Waals surface area contributed by atoms with Gasteiger partial charge in [0.1, 0.15) is 11.5 Å². The maximum atomic E-state index is 12.0. The Labute approximate surface area is 164 Å². The summed E-state index contributed by atoms with van der Waals surface area (Å²) in [6, 6.07) is 15.3. The third-order valence-corrected chi connectivity index (χ3v) is 3.89. The van der Waals surface area contributed by atoms with Crippen LogP contribution in [0.3, 0.4) is 0 Å². The van der Waals surface area contributed by atoms with Gasteiger partial charge in [-0.15, -0.1) is 0 Å². The van der Waals surface area contributed by atoms with Crippen molar-refractivity contribution in [1.29, 1.82) is 0 Å². The van der Waals surface area contributed by atoms with Crippen molar-refractivity contribution >= 4 is 23.8 Å². The van der Waals surface area contributed by atoms with Gasteiger partial charge in [0.25, 0.3) is 11.6 Å². The molecule has 3 aromatic rings. The molecule has 0 aliphatic heterocycles. The normalized spacial score (nSPS) is 10.7. The second-order valence-electron chi connectivity index (χ2n) is 5.78. The summed E-state index contributed by atoms with van der Waals surface area (Å²) in [5, 5.41) is 14.4. The van der Waals surface area contributed by atoms with Gasteiger partial charge in [0.15, 0.2) is 0 Å². The van der Waals surface area contributed by atoms with E-state index >= 15 is 0 Å². The van der Waals surface area contributed by atoms with Gasteiger partial charge in [0, 0.05) is 23.3 Å². The highest BCUT2D eigenvalue weighted by Gasteiger charge is 2.10. The molecule has 29 heavy (non-hydrogen) atoms. The standard InChI is InChI=1S/C20H15N3O6/c1-28-20(25)15-4-2-3-14(11-15)18-10-9-17(29-18)12-21-22-19(24)13-5-7-16(8-6-13)23(26)27/h2-12H,1H3,(H,22,24)/b21-12-. The lowest BCUT2D eigenvalue weighted by molar-refractivity contribution is -0.384. The third-order valence-electron chi connectivity index (χ3n) is 3.89. The van der Waals surface area contributed by atoms with Crippen LogP contribution < -0.4 is 5.43 Å². The number of nitro benzene ring substituents is 1. The molecule has 0 aliphatic carbocycles. The smallest absolute Gasteiger partial charge is 0.337 e. The fourth-order valence-electron chi connectivity index (χ4n) is 2.45. The molecule has 146 valence electrons. The van der Waals surface area contributed by atoms with Crippen LogP contribution in [0.5, 0.6) is 0 Å². The predicted octanol–water partition coefficient (Wildman–Crippen LogP) is 3.41. The lowest BCUT2D eigenvalue weighted by atomic mass is 10.1. The summed E-state index contributed by atoms with van der Waals surface area (Å²) in [5.74, 6) is -0.0748. The molecule has 0 fully saturated rings. The molecule has 0 saturated carbocycles. The summed E-state index contributed by atoms with van der Waals surface area (Å²) in [6.45, 7) is 0. The first-order chi connectivity index (χ1) is 14.0. The van der Waals surface area contributed by atoms with Crippen LogP contribution in [0.25, 0.3) is 11.3 Å². The molecule has 0 aliphatic rings. The minimum absolute atomic E-state index is 0.107. The molecule has 0 unspecified atom stereocenters. The molecule has 0 radical (unpaired) electrons. The van der Waals surface area contributed by atoms with E-state index < -0.39 is 16.8 Å². The average Bonchev–Trinajstić information content (AvgIpc) is 3.22. The van der Waals surface area contributed by atoms with Gasteiger partial charge in [-0.1, -0.05) is 12.1 Å². The lowest BCUT2D eigenvalue weighted by Crippen LogP contribution is -2.17. The molecule has 0 atom stereocenters. The number of carbonyl (C=O) groups is 2. The van der Waals surface area contributed by atoms with Gasteiger partial charge in [-0.25, -0.2) is 10.2 Å². The Kier molecular flexibility index (Phi) is 5.79. The number of carbonyl (C=O) groups excluding carboxylic acids is 2. The zero-order chi connectivity index (χ0) is 20.8. The molecule has 1 aromatic heterocycles. The summed E-state index contributed by atoms with van der Waals surface area (Å²) in [7, 11) is 1.31. The molecule has 2 aromatic carbocycles. The Balaban J connectivity index is 1.65. The van der Waals surface area contributed by atoms with Gasteiger partial charge in [-0.2, -0.15) is 5.10 Å². The summed E-state index contributed by atoms with van der Waals surface area (Å²) >= 11 is 0. The van der Waals surface area contributed by atoms with Crippen molar-refractivity contribution in [1.82, 2.24) is 5.43 Å². The number of furan rings is 1. The Bertz CT molecular complexity index is 1090. The van der Waals surface area contributed by atoms with Crippen molar-refractivity contribution in [2.45, 2.75) is 0 Å². The number of nitrogens with one attached hydrogen (secondary N) is 1. The number of esters is 1. The van der Waals surface area contributed by atoms with E-state index in [1.807, 2.05) is 0 Å². The molecular formula is C20H15N3O6. The fraction of sp³-hybridized carbons (Fsp3) is 0.0500. The van der Waals surface area contributed by atoms with Crippen LogP contribution in [-0.4, -0.2) is 30.1 Å².